The summed E-state index contributed by atoms with van der Waals surface area (Å²) in [4.78, 5) is 0. The fraction of sp³-hybridized carbons (Fsp3) is 0.857. The van der Waals surface area contributed by atoms with Gasteiger partial charge in [-0.15, -0.1) is 0 Å². The number of hydrogen-bond donors (Lipinski definition) is 1. The molecule has 0 saturated heterocycles. The highest BCUT2D eigenvalue weighted by Gasteiger charge is 1.97. The second-order valence-electron chi connectivity index (χ2n) is 2.68. The largest absolute Gasteiger partial charge is 0.255 e. The molecule has 55 valence electrons. The summed E-state index contributed by atoms with van der Waals surface area (Å²) < 4.78 is 0. The van der Waals surface area contributed by atoms with Crippen LogP contribution in [0.25, 0.3) is 0 Å². The van der Waals surface area contributed by atoms with E-state index in [4.69, 9.17) is 0 Å². The standard InChI is InChI=1S/C7H17N2/c1-5-8-9(4)6-7(2)3/h7-8H,1,5-6H2,2-4H3. The second kappa shape index (κ2) is 4.77. The minimum absolute atomic E-state index is 0.717. The van der Waals surface area contributed by atoms with E-state index in [0.717, 1.165) is 13.1 Å². The van der Waals surface area contributed by atoms with Crippen molar-refractivity contribution in [2.45, 2.75) is 13.8 Å². The number of nitrogens with zero attached hydrogens (tertiary/aromatic N) is 1. The lowest BCUT2D eigenvalue weighted by Gasteiger charge is -2.18. The molecule has 0 spiro atoms. The molecule has 0 aromatic rings. The van der Waals surface area contributed by atoms with Crippen molar-refractivity contribution in [2.75, 3.05) is 20.1 Å². The van der Waals surface area contributed by atoms with Gasteiger partial charge < -0.3 is 0 Å². The van der Waals surface area contributed by atoms with E-state index in [1.807, 2.05) is 7.05 Å². The van der Waals surface area contributed by atoms with Gasteiger partial charge in [0.2, 0.25) is 0 Å². The minimum atomic E-state index is 0.717. The molecule has 0 aliphatic carbocycles. The first kappa shape index (κ1) is 8.92. The highest BCUT2D eigenvalue weighted by Crippen LogP contribution is 1.91. The van der Waals surface area contributed by atoms with Crippen LogP contribution in [0, 0.1) is 12.8 Å². The summed E-state index contributed by atoms with van der Waals surface area (Å²) in [7, 11) is 2.03. The first-order valence-corrected chi connectivity index (χ1v) is 3.40. The average Bonchev–Trinajstić information content (AvgIpc) is 1.63. The van der Waals surface area contributed by atoms with Gasteiger partial charge in [-0.25, -0.2) is 5.01 Å². The molecule has 0 atom stereocenters. The third kappa shape index (κ3) is 5.80. The predicted octanol–water partition coefficient (Wildman–Crippen LogP) is 0.913. The normalized spacial score (nSPS) is 11.3. The monoisotopic (exact) mass is 129 g/mol. The van der Waals surface area contributed by atoms with E-state index in [2.05, 4.69) is 31.2 Å². The SMILES string of the molecule is [CH2]CNN(C)CC(C)C. The molecule has 0 fully saturated rings. The first-order valence-electron chi connectivity index (χ1n) is 3.40. The van der Waals surface area contributed by atoms with Gasteiger partial charge in [0.15, 0.2) is 0 Å². The first-order chi connectivity index (χ1) is 4.16. The molecule has 0 heterocycles. The fourth-order valence-electron chi connectivity index (χ4n) is 0.803. The van der Waals surface area contributed by atoms with E-state index in [1.165, 1.54) is 0 Å². The number of nitrogens with one attached hydrogen (secondary N) is 1. The summed E-state index contributed by atoms with van der Waals surface area (Å²) in [5.74, 6) is 0.717. The molecule has 1 radical (unpaired) electrons. The maximum Gasteiger partial charge on any atom is 0.0150 e. The van der Waals surface area contributed by atoms with Crippen molar-refractivity contribution in [3.8, 4) is 0 Å². The van der Waals surface area contributed by atoms with Gasteiger partial charge in [0, 0.05) is 20.1 Å². The molecule has 0 aliphatic heterocycles. The van der Waals surface area contributed by atoms with E-state index in [9.17, 15) is 0 Å². The van der Waals surface area contributed by atoms with Crippen LogP contribution in [0.5, 0.6) is 0 Å². The van der Waals surface area contributed by atoms with Crippen LogP contribution in [0.1, 0.15) is 13.8 Å². The predicted molar refractivity (Wildman–Crippen MR) is 40.8 cm³/mol. The van der Waals surface area contributed by atoms with Gasteiger partial charge in [0.1, 0.15) is 0 Å². The summed E-state index contributed by atoms with van der Waals surface area (Å²) in [6, 6.07) is 0. The Kier molecular flexibility index (Phi) is 4.72. The van der Waals surface area contributed by atoms with Crippen LogP contribution in [0.15, 0.2) is 0 Å². The smallest absolute Gasteiger partial charge is 0.0150 e. The highest BCUT2D eigenvalue weighted by molar-refractivity contribution is 4.50. The summed E-state index contributed by atoms with van der Waals surface area (Å²) >= 11 is 0. The molecule has 0 aromatic heterocycles. The van der Waals surface area contributed by atoms with Crippen molar-refractivity contribution in [2.24, 2.45) is 5.92 Å². The lowest BCUT2D eigenvalue weighted by molar-refractivity contribution is 0.220. The molecule has 0 aliphatic rings. The van der Waals surface area contributed by atoms with E-state index in [1.54, 1.807) is 0 Å². The summed E-state index contributed by atoms with van der Waals surface area (Å²) in [6.07, 6.45) is 0. The molecular formula is C7H17N2. The summed E-state index contributed by atoms with van der Waals surface area (Å²) in [5.41, 5.74) is 3.10. The molecule has 0 bridgehead atoms. The summed E-state index contributed by atoms with van der Waals surface area (Å²) in [6.45, 7) is 9.92. The maximum atomic E-state index is 3.68. The number of hydrazine groups is 1. The minimum Gasteiger partial charge on any atom is -0.255 e. The zero-order valence-electron chi connectivity index (χ0n) is 6.65. The van der Waals surface area contributed by atoms with Crippen LogP contribution < -0.4 is 5.43 Å². The van der Waals surface area contributed by atoms with E-state index in [-0.39, 0.29) is 0 Å². The van der Waals surface area contributed by atoms with Crippen LogP contribution in [-0.4, -0.2) is 25.1 Å². The third-order valence-corrected chi connectivity index (χ3v) is 1.02. The van der Waals surface area contributed by atoms with Gasteiger partial charge >= 0.3 is 0 Å². The molecule has 0 amide bonds. The molecule has 0 rings (SSSR count). The number of rotatable bonds is 4. The topological polar surface area (TPSA) is 15.3 Å². The van der Waals surface area contributed by atoms with E-state index in [0.29, 0.717) is 5.92 Å². The molecule has 1 N–H and O–H groups in total. The zero-order valence-corrected chi connectivity index (χ0v) is 6.65. The van der Waals surface area contributed by atoms with Crippen molar-refractivity contribution in [1.29, 1.82) is 0 Å². The van der Waals surface area contributed by atoms with Crippen LogP contribution in [0.2, 0.25) is 0 Å². The molecule has 0 saturated carbocycles. The Balaban J connectivity index is 3.15. The molecule has 2 nitrogen and oxygen atoms in total. The quantitative estimate of drug-likeness (QED) is 0.568. The lowest BCUT2D eigenvalue weighted by Crippen LogP contribution is -2.36. The molecule has 0 unspecified atom stereocenters. The van der Waals surface area contributed by atoms with Crippen LogP contribution in [0.4, 0.5) is 0 Å². The Morgan fingerprint density at radius 3 is 2.44 bits per heavy atom. The maximum absolute atomic E-state index is 3.68. The van der Waals surface area contributed by atoms with Gasteiger partial charge in [-0.1, -0.05) is 13.8 Å². The Morgan fingerprint density at radius 2 is 2.11 bits per heavy atom. The van der Waals surface area contributed by atoms with Gasteiger partial charge in [0.25, 0.3) is 0 Å². The Bertz CT molecular complexity index is 61.9. The van der Waals surface area contributed by atoms with E-state index >= 15 is 0 Å². The third-order valence-electron chi connectivity index (χ3n) is 1.02. The summed E-state index contributed by atoms with van der Waals surface area (Å²) in [5, 5.41) is 2.07. The van der Waals surface area contributed by atoms with Gasteiger partial charge in [0.05, 0.1) is 0 Å². The fourth-order valence-corrected chi connectivity index (χ4v) is 0.803. The second-order valence-corrected chi connectivity index (χ2v) is 2.68. The Hall–Kier alpha value is -0.0800. The lowest BCUT2D eigenvalue weighted by atomic mass is 10.2. The van der Waals surface area contributed by atoms with Crippen molar-refractivity contribution < 1.29 is 0 Å². The van der Waals surface area contributed by atoms with Crippen LogP contribution >= 0.6 is 0 Å². The van der Waals surface area contributed by atoms with Crippen molar-refractivity contribution in [1.82, 2.24) is 10.4 Å². The Labute approximate surface area is 58.2 Å². The Morgan fingerprint density at radius 1 is 1.56 bits per heavy atom. The zero-order chi connectivity index (χ0) is 7.28. The average molecular weight is 129 g/mol. The highest BCUT2D eigenvalue weighted by atomic mass is 15.5. The van der Waals surface area contributed by atoms with Crippen molar-refractivity contribution in [3.63, 3.8) is 0 Å². The van der Waals surface area contributed by atoms with Crippen molar-refractivity contribution >= 4 is 0 Å². The molecule has 0 aromatic carbocycles. The van der Waals surface area contributed by atoms with Gasteiger partial charge in [-0.3, -0.25) is 5.43 Å². The molecule has 9 heavy (non-hydrogen) atoms. The molecule has 2 heteroatoms. The number of hydrogen-bond acceptors (Lipinski definition) is 2. The van der Waals surface area contributed by atoms with E-state index < -0.39 is 0 Å². The van der Waals surface area contributed by atoms with Crippen LogP contribution in [-0.2, 0) is 0 Å². The van der Waals surface area contributed by atoms with Crippen molar-refractivity contribution in [3.05, 3.63) is 6.92 Å². The van der Waals surface area contributed by atoms with Gasteiger partial charge in [-0.05, 0) is 12.8 Å². The molecular weight excluding hydrogens is 112 g/mol. The van der Waals surface area contributed by atoms with Gasteiger partial charge in [-0.2, -0.15) is 0 Å². The van der Waals surface area contributed by atoms with Crippen LogP contribution in [0.3, 0.4) is 0 Å².